The molecule has 110 valence electrons. The van der Waals surface area contributed by atoms with Crippen molar-refractivity contribution in [3.05, 3.63) is 18.0 Å². The third-order valence-corrected chi connectivity index (χ3v) is 4.27. The van der Waals surface area contributed by atoms with Crippen LogP contribution >= 0.6 is 0 Å². The van der Waals surface area contributed by atoms with Gasteiger partial charge in [0.2, 0.25) is 0 Å². The number of amides is 1. The first-order valence-corrected chi connectivity index (χ1v) is 7.81. The van der Waals surface area contributed by atoms with Gasteiger partial charge in [-0.2, -0.15) is 5.10 Å². The van der Waals surface area contributed by atoms with Crippen LogP contribution in [0.3, 0.4) is 0 Å². The summed E-state index contributed by atoms with van der Waals surface area (Å²) in [5.41, 5.74) is 0.586. The minimum atomic E-state index is 0.0884. The minimum Gasteiger partial charge on any atom is -0.336 e. The Morgan fingerprint density at radius 2 is 2.15 bits per heavy atom. The molecule has 0 bridgehead atoms. The lowest BCUT2D eigenvalue weighted by molar-refractivity contribution is 0.0754. The molecule has 1 aromatic heterocycles. The minimum absolute atomic E-state index is 0.0884. The highest BCUT2D eigenvalue weighted by atomic mass is 16.2. The van der Waals surface area contributed by atoms with Gasteiger partial charge in [-0.15, -0.1) is 0 Å². The van der Waals surface area contributed by atoms with Crippen molar-refractivity contribution in [2.45, 2.75) is 32.7 Å². The first-order chi connectivity index (χ1) is 9.76. The average Bonchev–Trinajstić information content (AvgIpc) is 3.20. The van der Waals surface area contributed by atoms with E-state index in [9.17, 15) is 4.79 Å². The van der Waals surface area contributed by atoms with Gasteiger partial charge in [0.05, 0.1) is 0 Å². The van der Waals surface area contributed by atoms with Crippen LogP contribution in [0.25, 0.3) is 0 Å². The van der Waals surface area contributed by atoms with Crippen LogP contribution in [0.15, 0.2) is 12.3 Å². The maximum Gasteiger partial charge on any atom is 0.274 e. The number of hydrogen-bond donors (Lipinski definition) is 0. The number of nitrogens with zero attached hydrogens (tertiary/aromatic N) is 4. The van der Waals surface area contributed by atoms with Crippen molar-refractivity contribution < 1.29 is 4.79 Å². The summed E-state index contributed by atoms with van der Waals surface area (Å²) < 4.78 is 1.81. The van der Waals surface area contributed by atoms with Crippen LogP contribution in [0.5, 0.6) is 0 Å². The smallest absolute Gasteiger partial charge is 0.274 e. The summed E-state index contributed by atoms with van der Waals surface area (Å²) in [7, 11) is 0. The van der Waals surface area contributed by atoms with Gasteiger partial charge in [-0.05, 0) is 44.7 Å². The van der Waals surface area contributed by atoms with Gasteiger partial charge in [-0.3, -0.25) is 9.48 Å². The normalized spacial score (nSPS) is 20.9. The van der Waals surface area contributed by atoms with Gasteiger partial charge in [0, 0.05) is 38.9 Å². The van der Waals surface area contributed by atoms with Crippen molar-refractivity contribution in [3.63, 3.8) is 0 Å². The van der Waals surface area contributed by atoms with E-state index in [1.54, 1.807) is 0 Å². The van der Waals surface area contributed by atoms with Crippen molar-refractivity contribution in [2.75, 3.05) is 32.7 Å². The molecule has 1 aliphatic carbocycles. The zero-order valence-corrected chi connectivity index (χ0v) is 12.3. The van der Waals surface area contributed by atoms with Crippen molar-refractivity contribution >= 4 is 5.91 Å². The summed E-state index contributed by atoms with van der Waals surface area (Å²) in [5, 5.41) is 4.32. The zero-order chi connectivity index (χ0) is 13.9. The summed E-state index contributed by atoms with van der Waals surface area (Å²) in [6.45, 7) is 7.90. The Hall–Kier alpha value is -1.36. The van der Waals surface area contributed by atoms with Gasteiger partial charge >= 0.3 is 0 Å². The van der Waals surface area contributed by atoms with E-state index in [2.05, 4.69) is 10.00 Å². The summed E-state index contributed by atoms with van der Waals surface area (Å²) in [4.78, 5) is 16.9. The van der Waals surface area contributed by atoms with E-state index < -0.39 is 0 Å². The van der Waals surface area contributed by atoms with E-state index in [4.69, 9.17) is 0 Å². The lowest BCUT2D eigenvalue weighted by atomic mass is 10.3. The highest BCUT2D eigenvalue weighted by Crippen LogP contribution is 2.29. The number of rotatable bonds is 4. The molecular weight excluding hydrogens is 252 g/mol. The molecule has 3 rings (SSSR count). The molecule has 0 atom stereocenters. The molecule has 0 aromatic carbocycles. The SMILES string of the molecule is CCn1ccc(C(=O)N2CCCN(CC3CC3)CC2)n1. The molecule has 2 fully saturated rings. The van der Waals surface area contributed by atoms with Gasteiger partial charge < -0.3 is 9.80 Å². The first kappa shape index (κ1) is 13.6. The summed E-state index contributed by atoms with van der Waals surface area (Å²) >= 11 is 0. The number of carbonyl (C=O) groups is 1. The highest BCUT2D eigenvalue weighted by molar-refractivity contribution is 5.92. The molecule has 1 amide bonds. The predicted octanol–water partition coefficient (Wildman–Crippen LogP) is 1.46. The van der Waals surface area contributed by atoms with Crippen LogP contribution in [-0.2, 0) is 6.54 Å². The van der Waals surface area contributed by atoms with Gasteiger partial charge in [-0.25, -0.2) is 0 Å². The first-order valence-electron chi connectivity index (χ1n) is 7.81. The third kappa shape index (κ3) is 3.20. The number of hydrogen-bond acceptors (Lipinski definition) is 3. The van der Waals surface area contributed by atoms with Crippen LogP contribution in [0.4, 0.5) is 0 Å². The molecule has 20 heavy (non-hydrogen) atoms. The molecule has 5 heteroatoms. The second-order valence-electron chi connectivity index (χ2n) is 5.95. The molecule has 2 heterocycles. The Labute approximate surface area is 120 Å². The number of aryl methyl sites for hydroxylation is 1. The van der Waals surface area contributed by atoms with Crippen LogP contribution in [0, 0.1) is 5.92 Å². The lowest BCUT2D eigenvalue weighted by Gasteiger charge is -2.21. The molecule has 1 saturated carbocycles. The molecule has 0 spiro atoms. The molecule has 0 N–H and O–H groups in total. The second kappa shape index (κ2) is 5.95. The van der Waals surface area contributed by atoms with Crippen LogP contribution < -0.4 is 0 Å². The second-order valence-corrected chi connectivity index (χ2v) is 5.95. The van der Waals surface area contributed by atoms with E-state index >= 15 is 0 Å². The Bertz CT molecular complexity index is 466. The maximum atomic E-state index is 12.5. The quantitative estimate of drug-likeness (QED) is 0.836. The largest absolute Gasteiger partial charge is 0.336 e. The van der Waals surface area contributed by atoms with E-state index in [0.717, 1.165) is 45.1 Å². The molecule has 0 radical (unpaired) electrons. The summed E-state index contributed by atoms with van der Waals surface area (Å²) in [6.07, 6.45) is 5.75. The lowest BCUT2D eigenvalue weighted by Crippen LogP contribution is -2.36. The number of aromatic nitrogens is 2. The Kier molecular flexibility index (Phi) is 4.05. The van der Waals surface area contributed by atoms with Gasteiger partial charge in [0.15, 0.2) is 0 Å². The van der Waals surface area contributed by atoms with Crippen LogP contribution in [-0.4, -0.2) is 58.2 Å². The predicted molar refractivity (Wildman–Crippen MR) is 77.6 cm³/mol. The van der Waals surface area contributed by atoms with Gasteiger partial charge in [0.1, 0.15) is 5.69 Å². The van der Waals surface area contributed by atoms with E-state index in [1.165, 1.54) is 19.4 Å². The third-order valence-electron chi connectivity index (χ3n) is 4.27. The summed E-state index contributed by atoms with van der Waals surface area (Å²) in [5.74, 6) is 1.02. The number of carbonyl (C=O) groups excluding carboxylic acids is 1. The molecule has 1 aliphatic heterocycles. The van der Waals surface area contributed by atoms with Crippen LogP contribution in [0.1, 0.15) is 36.7 Å². The van der Waals surface area contributed by atoms with Gasteiger partial charge in [0.25, 0.3) is 5.91 Å². The van der Waals surface area contributed by atoms with Crippen molar-refractivity contribution in [1.82, 2.24) is 19.6 Å². The van der Waals surface area contributed by atoms with E-state index in [1.807, 2.05) is 28.8 Å². The van der Waals surface area contributed by atoms with Crippen molar-refractivity contribution in [2.24, 2.45) is 5.92 Å². The fraction of sp³-hybridized carbons (Fsp3) is 0.733. The van der Waals surface area contributed by atoms with Gasteiger partial charge in [-0.1, -0.05) is 0 Å². The summed E-state index contributed by atoms with van der Waals surface area (Å²) in [6, 6.07) is 1.83. The van der Waals surface area contributed by atoms with E-state index in [0.29, 0.717) is 5.69 Å². The fourth-order valence-corrected chi connectivity index (χ4v) is 2.84. The monoisotopic (exact) mass is 276 g/mol. The average molecular weight is 276 g/mol. The van der Waals surface area contributed by atoms with Crippen LogP contribution in [0.2, 0.25) is 0 Å². The molecule has 2 aliphatic rings. The molecule has 0 unspecified atom stereocenters. The topological polar surface area (TPSA) is 41.4 Å². The van der Waals surface area contributed by atoms with E-state index in [-0.39, 0.29) is 5.91 Å². The molecule has 1 aromatic rings. The zero-order valence-electron chi connectivity index (χ0n) is 12.3. The standard InChI is InChI=1S/C15H24N4O/c1-2-19-9-6-14(16-19)15(20)18-8-3-7-17(10-11-18)12-13-4-5-13/h6,9,13H,2-5,7-8,10-12H2,1H3. The highest BCUT2D eigenvalue weighted by Gasteiger charge is 2.27. The molecule has 1 saturated heterocycles. The maximum absolute atomic E-state index is 12.5. The Morgan fingerprint density at radius 3 is 2.85 bits per heavy atom. The van der Waals surface area contributed by atoms with Crippen molar-refractivity contribution in [3.8, 4) is 0 Å². The Morgan fingerprint density at radius 1 is 1.30 bits per heavy atom. The molecule has 5 nitrogen and oxygen atoms in total. The Balaban J connectivity index is 1.57. The molecular formula is C15H24N4O. The fourth-order valence-electron chi connectivity index (χ4n) is 2.84. The van der Waals surface area contributed by atoms with Crippen molar-refractivity contribution in [1.29, 1.82) is 0 Å².